The van der Waals surface area contributed by atoms with Crippen LogP contribution in [0.15, 0.2) is 29.2 Å². The van der Waals surface area contributed by atoms with E-state index < -0.39 is 19.9 Å². The Labute approximate surface area is 161 Å². The highest BCUT2D eigenvalue weighted by Gasteiger charge is 2.33. The summed E-state index contributed by atoms with van der Waals surface area (Å²) in [6.07, 6.45) is 2.14. The highest BCUT2D eigenvalue weighted by Crippen LogP contribution is 2.24. The second-order valence-electron chi connectivity index (χ2n) is 7.58. The van der Waals surface area contributed by atoms with Crippen LogP contribution in [0.5, 0.6) is 0 Å². The number of carbonyl (C=O) groups is 1. The summed E-state index contributed by atoms with van der Waals surface area (Å²) in [5, 5.41) is 0. The lowest BCUT2D eigenvalue weighted by Gasteiger charge is -2.29. The summed E-state index contributed by atoms with van der Waals surface area (Å²) in [7, 11) is -5.04. The van der Waals surface area contributed by atoms with Crippen molar-refractivity contribution in [2.45, 2.75) is 37.1 Å². The first-order valence-electron chi connectivity index (χ1n) is 9.18. The van der Waals surface area contributed by atoms with E-state index in [1.54, 1.807) is 7.05 Å². The predicted octanol–water partition coefficient (Wildman–Crippen LogP) is 1.37. The molecule has 0 spiro atoms. The number of benzene rings is 1. The second-order valence-corrected chi connectivity index (χ2v) is 11.8. The van der Waals surface area contributed by atoms with Crippen molar-refractivity contribution in [1.82, 2.24) is 9.21 Å². The van der Waals surface area contributed by atoms with E-state index in [1.807, 2.05) is 0 Å². The molecule has 0 unspecified atom stereocenters. The highest BCUT2D eigenvalue weighted by molar-refractivity contribution is 7.91. The van der Waals surface area contributed by atoms with E-state index in [-0.39, 0.29) is 28.4 Å². The van der Waals surface area contributed by atoms with Crippen molar-refractivity contribution in [3.63, 3.8) is 0 Å². The minimum Gasteiger partial charge on any atom is -0.338 e. The lowest BCUT2D eigenvalue weighted by atomic mass is 10.0. The van der Waals surface area contributed by atoms with Crippen LogP contribution in [-0.2, 0) is 19.9 Å². The van der Waals surface area contributed by atoms with Gasteiger partial charge in [0.15, 0.2) is 9.84 Å². The molecule has 0 aromatic heterocycles. The van der Waals surface area contributed by atoms with Crippen molar-refractivity contribution >= 4 is 25.8 Å². The molecule has 2 saturated heterocycles. The van der Waals surface area contributed by atoms with Crippen LogP contribution in [-0.4, -0.2) is 69.6 Å². The zero-order chi connectivity index (χ0) is 19.8. The summed E-state index contributed by atoms with van der Waals surface area (Å²) in [4.78, 5) is 14.2. The zero-order valence-electron chi connectivity index (χ0n) is 15.7. The van der Waals surface area contributed by atoms with Crippen molar-refractivity contribution in [1.29, 1.82) is 0 Å². The van der Waals surface area contributed by atoms with Crippen LogP contribution in [0.3, 0.4) is 0 Å². The molecule has 2 aliphatic rings. The van der Waals surface area contributed by atoms with Gasteiger partial charge in [-0.05, 0) is 49.4 Å². The van der Waals surface area contributed by atoms with Gasteiger partial charge in [-0.25, -0.2) is 16.8 Å². The molecule has 0 N–H and O–H groups in total. The summed E-state index contributed by atoms with van der Waals surface area (Å²) in [5.74, 6) is 0.315. The second kappa shape index (κ2) is 7.52. The maximum atomic E-state index is 12.8. The van der Waals surface area contributed by atoms with E-state index in [0.717, 1.165) is 12.8 Å². The van der Waals surface area contributed by atoms with Crippen LogP contribution in [0.2, 0.25) is 0 Å². The normalized spacial score (nSPS) is 24.0. The highest BCUT2D eigenvalue weighted by atomic mass is 32.2. The van der Waals surface area contributed by atoms with Gasteiger partial charge in [-0.2, -0.15) is 4.31 Å². The van der Waals surface area contributed by atoms with E-state index in [0.29, 0.717) is 31.0 Å². The first-order chi connectivity index (χ1) is 12.6. The average Bonchev–Trinajstić information content (AvgIpc) is 3.01. The molecule has 1 aromatic rings. The van der Waals surface area contributed by atoms with Crippen LogP contribution in [0, 0.1) is 5.92 Å². The summed E-state index contributed by atoms with van der Waals surface area (Å²) in [6.45, 7) is 3.16. The van der Waals surface area contributed by atoms with Crippen molar-refractivity contribution in [3.05, 3.63) is 29.8 Å². The molecular formula is C18H26N2O5S2. The summed E-state index contributed by atoms with van der Waals surface area (Å²) >= 11 is 0. The Bertz CT molecular complexity index is 902. The summed E-state index contributed by atoms with van der Waals surface area (Å²) in [5.41, 5.74) is 0.355. The van der Waals surface area contributed by atoms with Crippen LogP contribution in [0.25, 0.3) is 0 Å². The van der Waals surface area contributed by atoms with E-state index in [9.17, 15) is 21.6 Å². The zero-order valence-corrected chi connectivity index (χ0v) is 17.3. The van der Waals surface area contributed by atoms with Gasteiger partial charge < -0.3 is 4.90 Å². The number of piperidine rings is 1. The molecule has 3 rings (SSSR count). The summed E-state index contributed by atoms with van der Waals surface area (Å²) in [6, 6.07) is 5.59. The molecule has 2 fully saturated rings. The largest absolute Gasteiger partial charge is 0.338 e. The lowest BCUT2D eigenvalue weighted by molar-refractivity contribution is 0.0747. The number of amides is 1. The van der Waals surface area contributed by atoms with Gasteiger partial charge in [-0.1, -0.05) is 6.92 Å². The lowest BCUT2D eigenvalue weighted by Crippen LogP contribution is -2.38. The van der Waals surface area contributed by atoms with Gasteiger partial charge in [0.1, 0.15) is 0 Å². The molecule has 150 valence electrons. The molecule has 27 heavy (non-hydrogen) atoms. The Balaban J connectivity index is 1.72. The fourth-order valence-corrected chi connectivity index (χ4v) is 6.84. The van der Waals surface area contributed by atoms with Crippen molar-refractivity contribution < 1.29 is 21.6 Å². The molecule has 0 radical (unpaired) electrons. The predicted molar refractivity (Wildman–Crippen MR) is 103 cm³/mol. The smallest absolute Gasteiger partial charge is 0.253 e. The number of hydrogen-bond donors (Lipinski definition) is 0. The molecule has 0 aliphatic carbocycles. The van der Waals surface area contributed by atoms with Crippen LogP contribution < -0.4 is 0 Å². The third kappa shape index (κ3) is 4.35. The number of carbonyl (C=O) groups excluding carboxylic acids is 1. The molecule has 9 heteroatoms. The molecule has 1 atom stereocenters. The SMILES string of the molecule is CC1CCN(S(=O)(=O)c2ccc(C(=O)N(C)[C@@H]3CCS(=O)(=O)C3)cc2)CC1. The summed E-state index contributed by atoms with van der Waals surface area (Å²) < 4.78 is 50.2. The fourth-order valence-electron chi connectivity index (χ4n) is 3.59. The van der Waals surface area contributed by atoms with E-state index in [4.69, 9.17) is 0 Å². The first kappa shape index (κ1) is 20.3. The minimum absolute atomic E-state index is 0.0188. The van der Waals surface area contributed by atoms with Crippen molar-refractivity contribution in [2.75, 3.05) is 31.6 Å². The Kier molecular flexibility index (Phi) is 5.65. The van der Waals surface area contributed by atoms with E-state index in [1.165, 1.54) is 33.5 Å². The molecule has 7 nitrogen and oxygen atoms in total. The van der Waals surface area contributed by atoms with Gasteiger partial charge >= 0.3 is 0 Å². The van der Waals surface area contributed by atoms with Gasteiger partial charge in [0.05, 0.1) is 16.4 Å². The minimum atomic E-state index is -3.55. The third-order valence-electron chi connectivity index (χ3n) is 5.56. The fraction of sp³-hybridized carbons (Fsp3) is 0.611. The van der Waals surface area contributed by atoms with Gasteiger partial charge in [-0.15, -0.1) is 0 Å². The van der Waals surface area contributed by atoms with Crippen LogP contribution >= 0.6 is 0 Å². The molecular weight excluding hydrogens is 388 g/mol. The van der Waals surface area contributed by atoms with Crippen molar-refractivity contribution in [2.24, 2.45) is 5.92 Å². The molecule has 0 saturated carbocycles. The van der Waals surface area contributed by atoms with E-state index in [2.05, 4.69) is 6.92 Å². The van der Waals surface area contributed by atoms with Crippen LogP contribution in [0.1, 0.15) is 36.5 Å². The van der Waals surface area contributed by atoms with Gasteiger partial charge in [0, 0.05) is 31.7 Å². The van der Waals surface area contributed by atoms with Crippen molar-refractivity contribution in [3.8, 4) is 0 Å². The monoisotopic (exact) mass is 414 g/mol. The molecule has 0 bridgehead atoms. The number of rotatable bonds is 4. The third-order valence-corrected chi connectivity index (χ3v) is 9.22. The standard InChI is InChI=1S/C18H26N2O5S2/c1-14-7-10-20(11-8-14)27(24,25)17-5-3-15(4-6-17)18(21)19(2)16-9-12-26(22,23)13-16/h3-6,14,16H,7-13H2,1-2H3/t16-/m1/s1. The molecule has 2 aliphatic heterocycles. The van der Waals surface area contributed by atoms with Gasteiger partial charge in [0.2, 0.25) is 10.0 Å². The first-order valence-corrected chi connectivity index (χ1v) is 12.4. The van der Waals surface area contributed by atoms with Crippen LogP contribution in [0.4, 0.5) is 0 Å². The average molecular weight is 415 g/mol. The van der Waals surface area contributed by atoms with Gasteiger partial charge in [0.25, 0.3) is 5.91 Å². The topological polar surface area (TPSA) is 91.8 Å². The quantitative estimate of drug-likeness (QED) is 0.742. The maximum Gasteiger partial charge on any atom is 0.253 e. The van der Waals surface area contributed by atoms with Gasteiger partial charge in [-0.3, -0.25) is 4.79 Å². The maximum absolute atomic E-state index is 12.8. The number of sulfone groups is 1. The molecule has 2 heterocycles. The number of hydrogen-bond acceptors (Lipinski definition) is 5. The van der Waals surface area contributed by atoms with E-state index >= 15 is 0 Å². The number of sulfonamides is 1. The molecule has 1 amide bonds. The Hall–Kier alpha value is -1.45. The Morgan fingerprint density at radius 3 is 2.22 bits per heavy atom. The Morgan fingerprint density at radius 2 is 1.70 bits per heavy atom. The Morgan fingerprint density at radius 1 is 1.11 bits per heavy atom. The molecule has 1 aromatic carbocycles. The number of nitrogens with zero attached hydrogens (tertiary/aromatic N) is 2.